The third-order valence-electron chi connectivity index (χ3n) is 6.74. The molecule has 0 heterocycles. The van der Waals surface area contributed by atoms with Crippen LogP contribution in [0, 0.1) is 0 Å². The third-order valence-corrected chi connectivity index (χ3v) is 6.74. The molecule has 0 rings (SSSR count). The molecule has 0 fully saturated rings. The van der Waals surface area contributed by atoms with E-state index in [9.17, 15) is 0 Å². The molecule has 228 valence electrons. The molecule has 2 atom stereocenters. The van der Waals surface area contributed by atoms with Crippen molar-refractivity contribution in [3.63, 3.8) is 0 Å². The molecule has 3 nitrogen and oxygen atoms in total. The van der Waals surface area contributed by atoms with Crippen LogP contribution in [-0.4, -0.2) is 25.8 Å². The van der Waals surface area contributed by atoms with Crippen LogP contribution in [0.25, 0.3) is 0 Å². The summed E-state index contributed by atoms with van der Waals surface area (Å²) in [6.07, 6.45) is 40.7. The summed E-state index contributed by atoms with van der Waals surface area (Å²) in [5, 5.41) is 0. The van der Waals surface area contributed by atoms with Crippen LogP contribution >= 0.6 is 0 Å². The van der Waals surface area contributed by atoms with E-state index in [1.165, 1.54) is 77.0 Å². The summed E-state index contributed by atoms with van der Waals surface area (Å²) >= 11 is 0. The van der Waals surface area contributed by atoms with Crippen molar-refractivity contribution in [2.45, 2.75) is 169 Å². The van der Waals surface area contributed by atoms with Crippen molar-refractivity contribution >= 4 is 0 Å². The molecule has 0 radical (unpaired) electrons. The minimum atomic E-state index is -0.163. The largest absolute Gasteiger partial charge is 0.353 e. The van der Waals surface area contributed by atoms with Gasteiger partial charge in [-0.3, -0.25) is 0 Å². The van der Waals surface area contributed by atoms with Gasteiger partial charge in [0.05, 0.1) is 0 Å². The van der Waals surface area contributed by atoms with Gasteiger partial charge in [-0.05, 0) is 77.0 Å². The minimum absolute atomic E-state index is 0.163. The Morgan fingerprint density at radius 2 is 0.769 bits per heavy atom. The highest BCUT2D eigenvalue weighted by Gasteiger charge is 2.17. The van der Waals surface area contributed by atoms with Gasteiger partial charge in [-0.25, -0.2) is 0 Å². The molecule has 0 aliphatic rings. The summed E-state index contributed by atoms with van der Waals surface area (Å²) in [7, 11) is 0. The Kier molecular flexibility index (Phi) is 32.1. The van der Waals surface area contributed by atoms with Gasteiger partial charge in [0.1, 0.15) is 0 Å². The Morgan fingerprint density at radius 3 is 1.13 bits per heavy atom. The van der Waals surface area contributed by atoms with Crippen LogP contribution < -0.4 is 0 Å². The van der Waals surface area contributed by atoms with Gasteiger partial charge >= 0.3 is 0 Å². The second kappa shape index (κ2) is 33.0. The van der Waals surface area contributed by atoms with Crippen LogP contribution in [0.5, 0.6) is 0 Å². The van der Waals surface area contributed by atoms with Crippen LogP contribution in [0.1, 0.15) is 156 Å². The van der Waals surface area contributed by atoms with Gasteiger partial charge in [0.2, 0.25) is 0 Å². The normalized spacial score (nSPS) is 14.1. The quantitative estimate of drug-likeness (QED) is 0.0509. The number of rotatable bonds is 30. The van der Waals surface area contributed by atoms with E-state index in [1.54, 1.807) is 0 Å². The molecule has 0 bridgehead atoms. The van der Waals surface area contributed by atoms with Crippen molar-refractivity contribution in [2.75, 3.05) is 13.2 Å². The molecule has 39 heavy (non-hydrogen) atoms. The van der Waals surface area contributed by atoms with E-state index in [1.807, 2.05) is 0 Å². The lowest BCUT2D eigenvalue weighted by Crippen LogP contribution is -2.28. The maximum atomic E-state index is 6.47. The average molecular weight is 547 g/mol. The highest BCUT2D eigenvalue weighted by atomic mass is 16.8. The molecule has 0 spiro atoms. The fourth-order valence-corrected chi connectivity index (χ4v) is 4.17. The SMILES string of the molecule is CCCC/C=C\C=C\CCCCC(OCCCCC)OC(CCCC/C=C/C=C\CCCC)OCCCCC. The Balaban J connectivity index is 4.62. The first-order valence-corrected chi connectivity index (χ1v) is 16.8. The monoisotopic (exact) mass is 547 g/mol. The summed E-state index contributed by atoms with van der Waals surface area (Å²) in [4.78, 5) is 0. The molecule has 0 aliphatic carbocycles. The molecular formula is C36H66O3. The Bertz CT molecular complexity index is 528. The topological polar surface area (TPSA) is 27.7 Å². The van der Waals surface area contributed by atoms with Gasteiger partial charge in [-0.15, -0.1) is 0 Å². The summed E-state index contributed by atoms with van der Waals surface area (Å²) < 4.78 is 18.9. The molecule has 2 unspecified atom stereocenters. The molecule has 0 amide bonds. The van der Waals surface area contributed by atoms with E-state index in [2.05, 4.69) is 76.3 Å². The van der Waals surface area contributed by atoms with Crippen LogP contribution in [0.2, 0.25) is 0 Å². The average Bonchev–Trinajstić information content (AvgIpc) is 2.94. The van der Waals surface area contributed by atoms with E-state index in [0.717, 1.165) is 64.6 Å². The van der Waals surface area contributed by atoms with Gasteiger partial charge in [-0.1, -0.05) is 128 Å². The summed E-state index contributed by atoms with van der Waals surface area (Å²) in [6.45, 7) is 10.5. The maximum absolute atomic E-state index is 6.47. The van der Waals surface area contributed by atoms with E-state index >= 15 is 0 Å². The third kappa shape index (κ3) is 29.6. The summed E-state index contributed by atoms with van der Waals surface area (Å²) in [6, 6.07) is 0. The fourth-order valence-electron chi connectivity index (χ4n) is 4.17. The van der Waals surface area contributed by atoms with E-state index in [4.69, 9.17) is 14.2 Å². The number of allylic oxidation sites excluding steroid dienone is 8. The number of unbranched alkanes of at least 4 members (excludes halogenated alkanes) is 12. The van der Waals surface area contributed by atoms with Crippen molar-refractivity contribution in [1.82, 2.24) is 0 Å². The zero-order valence-corrected chi connectivity index (χ0v) is 26.6. The van der Waals surface area contributed by atoms with E-state index < -0.39 is 0 Å². The zero-order chi connectivity index (χ0) is 28.5. The van der Waals surface area contributed by atoms with Crippen molar-refractivity contribution < 1.29 is 14.2 Å². The smallest absolute Gasteiger partial charge is 0.160 e. The molecule has 0 aliphatic heterocycles. The van der Waals surface area contributed by atoms with Gasteiger partial charge < -0.3 is 14.2 Å². The van der Waals surface area contributed by atoms with Gasteiger partial charge in [-0.2, -0.15) is 0 Å². The van der Waals surface area contributed by atoms with Gasteiger partial charge in [0, 0.05) is 13.2 Å². The lowest BCUT2D eigenvalue weighted by molar-refractivity contribution is -0.250. The lowest BCUT2D eigenvalue weighted by atomic mass is 10.1. The second-order valence-electron chi connectivity index (χ2n) is 10.7. The van der Waals surface area contributed by atoms with Gasteiger partial charge in [0.25, 0.3) is 0 Å². The number of hydrogen-bond acceptors (Lipinski definition) is 3. The maximum Gasteiger partial charge on any atom is 0.160 e. The summed E-state index contributed by atoms with van der Waals surface area (Å²) in [5.41, 5.74) is 0. The molecule has 0 N–H and O–H groups in total. The lowest BCUT2D eigenvalue weighted by Gasteiger charge is -2.25. The highest BCUT2D eigenvalue weighted by molar-refractivity contribution is 5.02. The standard InChI is InChI=1S/C36H66O3/c1-5-9-13-15-17-19-21-23-25-27-31-35(37-33-29-11-7-3)39-36(38-34-30-12-8-4)32-28-26-24-22-20-18-16-14-10-6-2/h15-22,35-36H,5-14,23-34H2,1-4H3/b17-15-,18-16-,21-19+,22-20+. The first-order valence-electron chi connectivity index (χ1n) is 16.8. The number of ether oxygens (including phenoxy) is 3. The van der Waals surface area contributed by atoms with E-state index in [0.29, 0.717) is 0 Å². The molecule has 0 aromatic heterocycles. The second-order valence-corrected chi connectivity index (χ2v) is 10.7. The highest BCUT2D eigenvalue weighted by Crippen LogP contribution is 2.17. The Morgan fingerprint density at radius 1 is 0.410 bits per heavy atom. The van der Waals surface area contributed by atoms with Crippen molar-refractivity contribution in [2.24, 2.45) is 0 Å². The van der Waals surface area contributed by atoms with Crippen LogP contribution in [0.15, 0.2) is 48.6 Å². The van der Waals surface area contributed by atoms with Crippen molar-refractivity contribution in [3.05, 3.63) is 48.6 Å². The van der Waals surface area contributed by atoms with Crippen molar-refractivity contribution in [1.29, 1.82) is 0 Å². The molecular weight excluding hydrogens is 480 g/mol. The molecule has 0 saturated carbocycles. The van der Waals surface area contributed by atoms with Gasteiger partial charge in [0.15, 0.2) is 12.6 Å². The molecule has 0 saturated heterocycles. The van der Waals surface area contributed by atoms with Crippen molar-refractivity contribution in [3.8, 4) is 0 Å². The predicted molar refractivity (Wildman–Crippen MR) is 172 cm³/mol. The fraction of sp³-hybridized carbons (Fsp3) is 0.778. The first-order chi connectivity index (χ1) is 19.3. The zero-order valence-electron chi connectivity index (χ0n) is 26.6. The molecule has 3 heteroatoms. The van der Waals surface area contributed by atoms with Crippen LogP contribution in [0.3, 0.4) is 0 Å². The Hall–Kier alpha value is -1.16. The Labute approximate surface area is 244 Å². The predicted octanol–water partition coefficient (Wildman–Crippen LogP) is 11.8. The number of hydrogen-bond donors (Lipinski definition) is 0. The minimum Gasteiger partial charge on any atom is -0.353 e. The first kappa shape index (κ1) is 37.8. The molecule has 0 aromatic carbocycles. The van der Waals surface area contributed by atoms with Crippen LogP contribution in [-0.2, 0) is 14.2 Å². The summed E-state index contributed by atoms with van der Waals surface area (Å²) in [5.74, 6) is 0. The molecule has 0 aromatic rings. The van der Waals surface area contributed by atoms with Crippen LogP contribution in [0.4, 0.5) is 0 Å². The van der Waals surface area contributed by atoms with E-state index in [-0.39, 0.29) is 12.6 Å².